The number of anilines is 2. The van der Waals surface area contributed by atoms with E-state index in [1.165, 1.54) is 16.7 Å². The Hall–Kier alpha value is -3.02. The molecule has 1 N–H and O–H groups in total. The van der Waals surface area contributed by atoms with E-state index in [1.807, 2.05) is 75.4 Å². The lowest BCUT2D eigenvalue weighted by molar-refractivity contribution is -0.120. The van der Waals surface area contributed by atoms with Crippen molar-refractivity contribution in [3.8, 4) is 0 Å². The highest BCUT2D eigenvalue weighted by atomic mass is 35.5. The second-order valence-corrected chi connectivity index (χ2v) is 9.01. The van der Waals surface area contributed by atoms with E-state index in [9.17, 15) is 9.59 Å². The van der Waals surface area contributed by atoms with Gasteiger partial charge in [0.15, 0.2) is 0 Å². The Labute approximate surface area is 190 Å². The first-order chi connectivity index (χ1) is 14.8. The van der Waals surface area contributed by atoms with Gasteiger partial charge >= 0.3 is 0 Å². The minimum absolute atomic E-state index is 0.274. The van der Waals surface area contributed by atoms with Gasteiger partial charge in [0.05, 0.1) is 5.69 Å². The zero-order chi connectivity index (χ0) is 22.1. The number of halogens is 1. The summed E-state index contributed by atoms with van der Waals surface area (Å²) < 4.78 is 0. The fourth-order valence-electron chi connectivity index (χ4n) is 3.48. The molecule has 0 aliphatic carbocycles. The fourth-order valence-corrected chi connectivity index (χ4v) is 4.53. The number of nitrogens with one attached hydrogen (secondary N) is 1. The van der Waals surface area contributed by atoms with Crippen LogP contribution in [-0.2, 0) is 9.59 Å². The van der Waals surface area contributed by atoms with Gasteiger partial charge in [0.1, 0.15) is 10.6 Å². The molecule has 156 valence electrons. The lowest BCUT2D eigenvalue weighted by atomic mass is 10.1. The summed E-state index contributed by atoms with van der Waals surface area (Å²) in [4.78, 5) is 29.3. The molecule has 3 aromatic rings. The molecule has 0 atom stereocenters. The second kappa shape index (κ2) is 8.61. The van der Waals surface area contributed by atoms with Crippen molar-refractivity contribution in [2.24, 2.45) is 0 Å². The Morgan fingerprint density at radius 2 is 1.55 bits per heavy atom. The van der Waals surface area contributed by atoms with Gasteiger partial charge in [-0.2, -0.15) is 0 Å². The molecule has 6 heteroatoms. The molecule has 1 aliphatic rings. The number of aryl methyl sites for hydroxylation is 3. The minimum Gasteiger partial charge on any atom is -0.350 e. The van der Waals surface area contributed by atoms with Crippen molar-refractivity contribution >= 4 is 46.6 Å². The van der Waals surface area contributed by atoms with Crippen LogP contribution < -0.4 is 10.2 Å². The molecule has 0 radical (unpaired) electrons. The first-order valence-corrected chi connectivity index (χ1v) is 11.0. The topological polar surface area (TPSA) is 49.4 Å². The van der Waals surface area contributed by atoms with Crippen molar-refractivity contribution in [1.82, 2.24) is 0 Å². The van der Waals surface area contributed by atoms with Crippen LogP contribution in [0.2, 0.25) is 5.02 Å². The molecule has 0 bridgehead atoms. The Kier molecular flexibility index (Phi) is 5.90. The largest absolute Gasteiger partial charge is 0.350 e. The average Bonchev–Trinajstić information content (AvgIpc) is 2.94. The molecule has 0 saturated carbocycles. The monoisotopic (exact) mass is 448 g/mol. The summed E-state index contributed by atoms with van der Waals surface area (Å²) in [6, 6.07) is 20.6. The maximum absolute atomic E-state index is 13.5. The number of carbonyl (C=O) groups is 2. The zero-order valence-corrected chi connectivity index (χ0v) is 19.0. The molecule has 0 spiro atoms. The molecule has 2 amide bonds. The summed E-state index contributed by atoms with van der Waals surface area (Å²) in [7, 11) is 0. The van der Waals surface area contributed by atoms with Crippen LogP contribution in [0.1, 0.15) is 16.7 Å². The van der Waals surface area contributed by atoms with E-state index in [4.69, 9.17) is 11.6 Å². The SMILES string of the molecule is Cc1cccc(NC2=C(Sc3ccc(Cl)cc3)C(=O)N(c3ccc(C)cc3C)C2=O)c1. The van der Waals surface area contributed by atoms with Gasteiger partial charge in [-0.25, -0.2) is 4.90 Å². The molecule has 3 aromatic carbocycles. The van der Waals surface area contributed by atoms with Gasteiger partial charge in [0.25, 0.3) is 11.8 Å². The first-order valence-electron chi connectivity index (χ1n) is 9.81. The zero-order valence-electron chi connectivity index (χ0n) is 17.4. The van der Waals surface area contributed by atoms with Crippen LogP contribution >= 0.6 is 23.4 Å². The van der Waals surface area contributed by atoms with E-state index in [1.54, 1.807) is 12.1 Å². The lowest BCUT2D eigenvalue weighted by Crippen LogP contribution is -2.33. The minimum atomic E-state index is -0.366. The maximum atomic E-state index is 13.5. The van der Waals surface area contributed by atoms with Gasteiger partial charge in [-0.3, -0.25) is 9.59 Å². The Morgan fingerprint density at radius 3 is 2.23 bits per heavy atom. The van der Waals surface area contributed by atoms with Crippen molar-refractivity contribution < 1.29 is 9.59 Å². The summed E-state index contributed by atoms with van der Waals surface area (Å²) in [5, 5.41) is 3.81. The Balaban J connectivity index is 1.77. The summed E-state index contributed by atoms with van der Waals surface area (Å²) in [6.45, 7) is 5.86. The average molecular weight is 449 g/mol. The van der Waals surface area contributed by atoms with Gasteiger partial charge in [0.2, 0.25) is 0 Å². The number of amides is 2. The van der Waals surface area contributed by atoms with Gasteiger partial charge in [-0.05, 0) is 74.4 Å². The van der Waals surface area contributed by atoms with E-state index < -0.39 is 0 Å². The van der Waals surface area contributed by atoms with Gasteiger partial charge < -0.3 is 5.32 Å². The number of benzene rings is 3. The molecule has 0 saturated heterocycles. The van der Waals surface area contributed by atoms with Crippen molar-refractivity contribution in [1.29, 1.82) is 0 Å². The summed E-state index contributed by atoms with van der Waals surface area (Å²) in [6.07, 6.45) is 0. The Morgan fingerprint density at radius 1 is 0.839 bits per heavy atom. The van der Waals surface area contributed by atoms with Crippen molar-refractivity contribution in [2.45, 2.75) is 25.7 Å². The van der Waals surface area contributed by atoms with Crippen LogP contribution in [0.5, 0.6) is 0 Å². The number of carbonyl (C=O) groups excluding carboxylic acids is 2. The number of imide groups is 1. The molecule has 0 fully saturated rings. The number of rotatable bonds is 5. The van der Waals surface area contributed by atoms with Crippen molar-refractivity contribution in [3.63, 3.8) is 0 Å². The van der Waals surface area contributed by atoms with Crippen LogP contribution in [0.25, 0.3) is 0 Å². The standard InChI is InChI=1S/C25H21ClN2O2S/c1-15-5-4-6-19(14-15)27-22-23(31-20-10-8-18(26)9-11-20)25(30)28(24(22)29)21-12-7-16(2)13-17(21)3/h4-14,27H,1-3H3. The smallest absolute Gasteiger partial charge is 0.283 e. The number of nitrogens with zero attached hydrogens (tertiary/aromatic N) is 1. The predicted octanol–water partition coefficient (Wildman–Crippen LogP) is 6.25. The molecular weight excluding hydrogens is 428 g/mol. The number of hydrogen-bond acceptors (Lipinski definition) is 4. The highest BCUT2D eigenvalue weighted by molar-refractivity contribution is 8.04. The van der Waals surface area contributed by atoms with Gasteiger partial charge in [-0.1, -0.05) is 53.2 Å². The van der Waals surface area contributed by atoms with Crippen molar-refractivity contribution in [2.75, 3.05) is 10.2 Å². The predicted molar refractivity (Wildman–Crippen MR) is 128 cm³/mol. The number of thioether (sulfide) groups is 1. The molecule has 0 aromatic heterocycles. The fraction of sp³-hybridized carbons (Fsp3) is 0.120. The Bertz CT molecular complexity index is 1220. The van der Waals surface area contributed by atoms with E-state index in [0.29, 0.717) is 15.6 Å². The molecule has 1 aliphatic heterocycles. The molecule has 4 rings (SSSR count). The highest BCUT2D eigenvalue weighted by Crippen LogP contribution is 2.39. The van der Waals surface area contributed by atoms with E-state index in [2.05, 4.69) is 5.32 Å². The molecule has 1 heterocycles. The summed E-state index contributed by atoms with van der Waals surface area (Å²) in [5.74, 6) is -0.707. The number of hydrogen-bond donors (Lipinski definition) is 1. The third kappa shape index (κ3) is 4.38. The normalized spacial score (nSPS) is 13.9. The molecule has 4 nitrogen and oxygen atoms in total. The van der Waals surface area contributed by atoms with E-state index in [-0.39, 0.29) is 17.5 Å². The first kappa shape index (κ1) is 21.2. The third-order valence-electron chi connectivity index (χ3n) is 4.96. The summed E-state index contributed by atoms with van der Waals surface area (Å²) >= 11 is 7.26. The van der Waals surface area contributed by atoms with Crippen LogP contribution in [0.3, 0.4) is 0 Å². The van der Waals surface area contributed by atoms with Gasteiger partial charge in [0, 0.05) is 15.6 Å². The van der Waals surface area contributed by atoms with E-state index >= 15 is 0 Å². The molecular formula is C25H21ClN2O2S. The molecule has 31 heavy (non-hydrogen) atoms. The third-order valence-corrected chi connectivity index (χ3v) is 6.30. The van der Waals surface area contributed by atoms with Crippen LogP contribution in [-0.4, -0.2) is 11.8 Å². The second-order valence-electron chi connectivity index (χ2n) is 7.49. The van der Waals surface area contributed by atoms with Crippen LogP contribution in [0, 0.1) is 20.8 Å². The van der Waals surface area contributed by atoms with Crippen LogP contribution in [0.4, 0.5) is 11.4 Å². The lowest BCUT2D eigenvalue weighted by Gasteiger charge is -2.18. The summed E-state index contributed by atoms with van der Waals surface area (Å²) in [5.41, 5.74) is 4.62. The van der Waals surface area contributed by atoms with Crippen LogP contribution in [0.15, 0.2) is 82.2 Å². The quantitative estimate of drug-likeness (QED) is 0.468. The van der Waals surface area contributed by atoms with Crippen molar-refractivity contribution in [3.05, 3.63) is 99.0 Å². The van der Waals surface area contributed by atoms with E-state index in [0.717, 1.165) is 27.3 Å². The highest BCUT2D eigenvalue weighted by Gasteiger charge is 2.40. The maximum Gasteiger partial charge on any atom is 0.283 e. The van der Waals surface area contributed by atoms with Gasteiger partial charge in [-0.15, -0.1) is 0 Å². The molecule has 0 unspecified atom stereocenters.